The summed E-state index contributed by atoms with van der Waals surface area (Å²) < 4.78 is 15.1. The van der Waals surface area contributed by atoms with Crippen molar-refractivity contribution >= 4 is 36.8 Å². The summed E-state index contributed by atoms with van der Waals surface area (Å²) in [6.07, 6.45) is -0.447. The van der Waals surface area contributed by atoms with E-state index in [4.69, 9.17) is 19.9 Å². The summed E-state index contributed by atoms with van der Waals surface area (Å²) >= 11 is 0. The quantitative estimate of drug-likeness (QED) is 0.202. The standard InChI is InChI=1S/C15H27NO8.Li/c1-5-22-8-9-23-15(12(18)19,13(20)21)10(16)6-7-11(17)24-14(2,3)4;/h10H,5-9,16H2,1-4H3,(H,18,19)(H,20,21);. The van der Waals surface area contributed by atoms with Gasteiger partial charge in [-0.15, -0.1) is 0 Å². The van der Waals surface area contributed by atoms with Crippen LogP contribution in [-0.4, -0.2) is 84.0 Å². The van der Waals surface area contributed by atoms with Gasteiger partial charge in [0.05, 0.1) is 19.3 Å². The Morgan fingerprint density at radius 3 is 2.00 bits per heavy atom. The van der Waals surface area contributed by atoms with Crippen LogP contribution in [0.15, 0.2) is 0 Å². The van der Waals surface area contributed by atoms with Gasteiger partial charge in [-0.2, -0.15) is 0 Å². The number of carbonyl (C=O) groups is 3. The molecule has 1 atom stereocenters. The average molecular weight is 356 g/mol. The largest absolute Gasteiger partial charge is 0.479 e. The molecule has 0 aliphatic rings. The van der Waals surface area contributed by atoms with Crippen LogP contribution >= 0.6 is 0 Å². The zero-order valence-corrected chi connectivity index (χ0v) is 15.5. The van der Waals surface area contributed by atoms with Gasteiger partial charge in [-0.05, 0) is 34.1 Å². The predicted molar refractivity (Wildman–Crippen MR) is 89.3 cm³/mol. The number of hydrogen-bond donors (Lipinski definition) is 3. The fourth-order valence-electron chi connectivity index (χ4n) is 1.91. The van der Waals surface area contributed by atoms with Gasteiger partial charge in [0.1, 0.15) is 5.60 Å². The number of carbonyl (C=O) groups excluding carboxylic acids is 1. The van der Waals surface area contributed by atoms with Crippen LogP contribution in [0.3, 0.4) is 0 Å². The number of rotatable bonds is 11. The average Bonchev–Trinajstić information content (AvgIpc) is 2.42. The van der Waals surface area contributed by atoms with E-state index >= 15 is 0 Å². The fourth-order valence-corrected chi connectivity index (χ4v) is 1.91. The van der Waals surface area contributed by atoms with E-state index in [0.717, 1.165) is 0 Å². The van der Waals surface area contributed by atoms with Crippen LogP contribution in [0.25, 0.3) is 0 Å². The molecule has 0 aliphatic carbocycles. The van der Waals surface area contributed by atoms with E-state index in [0.29, 0.717) is 6.61 Å². The summed E-state index contributed by atoms with van der Waals surface area (Å²) in [6, 6.07) is -1.44. The first-order valence-electron chi connectivity index (χ1n) is 7.63. The molecule has 0 fully saturated rings. The van der Waals surface area contributed by atoms with Crippen molar-refractivity contribution in [3.63, 3.8) is 0 Å². The summed E-state index contributed by atoms with van der Waals surface area (Å²) in [5, 5.41) is 18.7. The van der Waals surface area contributed by atoms with E-state index in [1.807, 2.05) is 0 Å². The number of ether oxygens (including phenoxy) is 3. The molecular weight excluding hydrogens is 329 g/mol. The Labute approximate surface area is 159 Å². The van der Waals surface area contributed by atoms with Crippen LogP contribution in [0.5, 0.6) is 0 Å². The van der Waals surface area contributed by atoms with Crippen molar-refractivity contribution in [3.05, 3.63) is 0 Å². The molecule has 9 nitrogen and oxygen atoms in total. The van der Waals surface area contributed by atoms with E-state index in [1.54, 1.807) is 27.7 Å². The minimum atomic E-state index is -2.65. The minimum Gasteiger partial charge on any atom is -0.479 e. The van der Waals surface area contributed by atoms with Crippen molar-refractivity contribution in [3.8, 4) is 0 Å². The van der Waals surface area contributed by atoms with Gasteiger partial charge in [-0.25, -0.2) is 9.59 Å². The van der Waals surface area contributed by atoms with E-state index in [-0.39, 0.29) is 44.9 Å². The van der Waals surface area contributed by atoms with Gasteiger partial charge in [0.25, 0.3) is 5.60 Å². The van der Waals surface area contributed by atoms with Crippen molar-refractivity contribution in [1.29, 1.82) is 0 Å². The summed E-state index contributed by atoms with van der Waals surface area (Å²) in [5.74, 6) is -4.07. The van der Waals surface area contributed by atoms with Gasteiger partial charge >= 0.3 is 17.9 Å². The summed E-state index contributed by atoms with van der Waals surface area (Å²) in [4.78, 5) is 34.7. The van der Waals surface area contributed by atoms with Crippen molar-refractivity contribution in [1.82, 2.24) is 0 Å². The molecule has 10 heteroatoms. The number of aliphatic carboxylic acids is 2. The monoisotopic (exact) mass is 356 g/mol. The van der Waals surface area contributed by atoms with E-state index in [2.05, 4.69) is 0 Å². The molecule has 0 aromatic heterocycles. The van der Waals surface area contributed by atoms with Crippen molar-refractivity contribution < 1.29 is 38.8 Å². The smallest absolute Gasteiger partial charge is 0.349 e. The van der Waals surface area contributed by atoms with Crippen LogP contribution < -0.4 is 5.73 Å². The molecule has 4 N–H and O–H groups in total. The molecule has 0 spiro atoms. The Hall–Kier alpha value is -1.11. The zero-order valence-electron chi connectivity index (χ0n) is 15.5. The maximum atomic E-state index is 11.7. The van der Waals surface area contributed by atoms with Crippen molar-refractivity contribution in [2.75, 3.05) is 19.8 Å². The van der Waals surface area contributed by atoms with Gasteiger partial charge in [0, 0.05) is 31.9 Å². The van der Waals surface area contributed by atoms with Gasteiger partial charge in [0.2, 0.25) is 0 Å². The molecular formula is C15H27LiNO8. The third-order valence-corrected chi connectivity index (χ3v) is 3.00. The third-order valence-electron chi connectivity index (χ3n) is 3.00. The topological polar surface area (TPSA) is 145 Å². The number of esters is 1. The first-order chi connectivity index (χ1) is 11.0. The number of hydrogen-bond acceptors (Lipinski definition) is 7. The minimum absolute atomic E-state index is 0. The number of nitrogens with two attached hydrogens (primary N) is 1. The van der Waals surface area contributed by atoms with Gasteiger partial charge < -0.3 is 30.2 Å². The Balaban J connectivity index is 0. The second kappa shape index (κ2) is 11.5. The summed E-state index contributed by atoms with van der Waals surface area (Å²) in [5.41, 5.74) is 2.39. The zero-order chi connectivity index (χ0) is 19.0. The molecule has 25 heavy (non-hydrogen) atoms. The predicted octanol–water partition coefficient (Wildman–Crippen LogP) is 0.0159. The molecule has 0 saturated heterocycles. The van der Waals surface area contributed by atoms with Gasteiger partial charge in [-0.1, -0.05) is 0 Å². The molecule has 0 aliphatic heterocycles. The second-order valence-corrected chi connectivity index (χ2v) is 6.12. The molecule has 0 aromatic carbocycles. The van der Waals surface area contributed by atoms with Crippen LogP contribution in [0.4, 0.5) is 0 Å². The first-order valence-corrected chi connectivity index (χ1v) is 7.63. The molecule has 0 bridgehead atoms. The summed E-state index contributed by atoms with van der Waals surface area (Å²) in [6.45, 7) is 6.92. The maximum Gasteiger partial charge on any atom is 0.349 e. The Morgan fingerprint density at radius 2 is 1.60 bits per heavy atom. The Kier molecular flexibility index (Phi) is 12.0. The van der Waals surface area contributed by atoms with Crippen molar-refractivity contribution in [2.45, 2.75) is 57.8 Å². The molecule has 0 aromatic rings. The summed E-state index contributed by atoms with van der Waals surface area (Å²) in [7, 11) is 0. The fraction of sp³-hybridized carbons (Fsp3) is 0.800. The Bertz CT molecular complexity index is 435. The Morgan fingerprint density at radius 1 is 1.08 bits per heavy atom. The first kappa shape index (κ1) is 26.1. The van der Waals surface area contributed by atoms with E-state index in [9.17, 15) is 24.6 Å². The SMILES string of the molecule is CCOCCOC(C(=O)O)(C(=O)O)C(N)CCC(=O)OC(C)(C)C.[Li]. The molecule has 1 radical (unpaired) electrons. The molecule has 0 rings (SSSR count). The van der Waals surface area contributed by atoms with Crippen LogP contribution in [0, 0.1) is 0 Å². The van der Waals surface area contributed by atoms with E-state index < -0.39 is 35.2 Å². The van der Waals surface area contributed by atoms with Crippen LogP contribution in [0.2, 0.25) is 0 Å². The second-order valence-electron chi connectivity index (χ2n) is 6.12. The molecule has 141 valence electrons. The number of carboxylic acids is 2. The maximum absolute atomic E-state index is 11.7. The molecule has 0 saturated carbocycles. The van der Waals surface area contributed by atoms with E-state index in [1.165, 1.54) is 0 Å². The normalized spacial score (nSPS) is 12.8. The van der Waals surface area contributed by atoms with Gasteiger partial charge in [-0.3, -0.25) is 4.79 Å². The van der Waals surface area contributed by atoms with Gasteiger partial charge in [0.15, 0.2) is 0 Å². The van der Waals surface area contributed by atoms with Crippen LogP contribution in [0.1, 0.15) is 40.5 Å². The van der Waals surface area contributed by atoms with Crippen molar-refractivity contribution in [2.24, 2.45) is 5.73 Å². The molecule has 0 amide bonds. The molecule has 1 unspecified atom stereocenters. The number of carboxylic acid groups (broad SMARTS) is 2. The molecule has 0 heterocycles. The third kappa shape index (κ3) is 8.70. The van der Waals surface area contributed by atoms with Crippen LogP contribution in [-0.2, 0) is 28.6 Å².